The van der Waals surface area contributed by atoms with E-state index in [0.29, 0.717) is 22.4 Å². The molecule has 4 aromatic rings. The van der Waals surface area contributed by atoms with E-state index in [1.807, 2.05) is 60.3 Å². The molecule has 34 heavy (non-hydrogen) atoms. The van der Waals surface area contributed by atoms with Crippen molar-refractivity contribution in [2.75, 3.05) is 7.11 Å². The van der Waals surface area contributed by atoms with Crippen LogP contribution in [0.2, 0.25) is 0 Å². The number of carbonyl (C=O) groups is 2. The Bertz CT molecular complexity index is 1330. The first-order valence-electron chi connectivity index (χ1n) is 10.6. The van der Waals surface area contributed by atoms with Crippen molar-refractivity contribution in [1.29, 1.82) is 0 Å². The summed E-state index contributed by atoms with van der Waals surface area (Å²) < 4.78 is 12.7. The Labute approximate surface area is 197 Å². The van der Waals surface area contributed by atoms with E-state index >= 15 is 0 Å². The molecule has 0 fully saturated rings. The van der Waals surface area contributed by atoms with Crippen LogP contribution >= 0.6 is 0 Å². The molecule has 1 heterocycles. The topological polar surface area (TPSA) is 81.9 Å². The highest BCUT2D eigenvalue weighted by molar-refractivity contribution is 5.98. The number of aryl methyl sites for hydroxylation is 1. The van der Waals surface area contributed by atoms with Crippen LogP contribution in [0.3, 0.4) is 0 Å². The fraction of sp³-hybridized carbons (Fsp3) is 0.0741. The molecule has 0 radical (unpaired) electrons. The average Bonchev–Trinajstić information content (AvgIpc) is 3.39. The predicted molar refractivity (Wildman–Crippen MR) is 130 cm³/mol. The van der Waals surface area contributed by atoms with Gasteiger partial charge in [0, 0.05) is 12.4 Å². The summed E-state index contributed by atoms with van der Waals surface area (Å²) in [6, 6.07) is 23.2. The normalized spacial score (nSPS) is 10.8. The molecule has 0 bridgehead atoms. The number of hydrogen-bond donors (Lipinski definition) is 1. The number of para-hydroxylation sites is 1. The standard InChI is InChI=1S/C27H23N3O4/c1-19-9-12-21(13-10-19)27(32)34-25-17-20(11-14-24(25)33-2)18-28-29-26(31)22-7-3-4-8-23(22)30-15-5-6-16-30/h3-18H,1-2H3,(H,29,31)/b28-18-. The Morgan fingerprint density at radius 2 is 1.65 bits per heavy atom. The van der Waals surface area contributed by atoms with Gasteiger partial charge < -0.3 is 14.0 Å². The molecule has 0 aliphatic heterocycles. The number of rotatable bonds is 7. The van der Waals surface area contributed by atoms with Gasteiger partial charge in [0.1, 0.15) is 0 Å². The summed E-state index contributed by atoms with van der Waals surface area (Å²) in [5.41, 5.74) is 5.87. The second-order valence-electron chi connectivity index (χ2n) is 7.47. The Morgan fingerprint density at radius 3 is 2.38 bits per heavy atom. The zero-order valence-corrected chi connectivity index (χ0v) is 18.8. The third-order valence-corrected chi connectivity index (χ3v) is 5.09. The molecule has 1 aromatic heterocycles. The van der Waals surface area contributed by atoms with Gasteiger partial charge in [-0.15, -0.1) is 0 Å². The Morgan fingerprint density at radius 1 is 0.912 bits per heavy atom. The van der Waals surface area contributed by atoms with Gasteiger partial charge in [0.25, 0.3) is 5.91 Å². The number of methoxy groups -OCH3 is 1. The summed E-state index contributed by atoms with van der Waals surface area (Å²) in [4.78, 5) is 25.2. The van der Waals surface area contributed by atoms with Crippen molar-refractivity contribution in [3.05, 3.63) is 114 Å². The molecule has 4 rings (SSSR count). The smallest absolute Gasteiger partial charge is 0.343 e. The monoisotopic (exact) mass is 453 g/mol. The first kappa shape index (κ1) is 22.5. The fourth-order valence-corrected chi connectivity index (χ4v) is 3.31. The molecule has 0 aliphatic carbocycles. The van der Waals surface area contributed by atoms with E-state index in [9.17, 15) is 9.59 Å². The number of benzene rings is 3. The van der Waals surface area contributed by atoms with Crippen LogP contribution in [-0.2, 0) is 0 Å². The summed E-state index contributed by atoms with van der Waals surface area (Å²) in [5, 5.41) is 4.07. The van der Waals surface area contributed by atoms with Gasteiger partial charge in [0.2, 0.25) is 0 Å². The summed E-state index contributed by atoms with van der Waals surface area (Å²) in [5.74, 6) is -0.189. The third-order valence-electron chi connectivity index (χ3n) is 5.09. The summed E-state index contributed by atoms with van der Waals surface area (Å²) in [6.07, 6.45) is 5.21. The van der Waals surface area contributed by atoms with Crippen LogP contribution in [0.5, 0.6) is 11.5 Å². The van der Waals surface area contributed by atoms with Gasteiger partial charge in [-0.1, -0.05) is 29.8 Å². The molecule has 0 aliphatic rings. The van der Waals surface area contributed by atoms with Crippen LogP contribution in [0.15, 0.2) is 96.4 Å². The lowest BCUT2D eigenvalue weighted by molar-refractivity contribution is 0.0729. The van der Waals surface area contributed by atoms with Gasteiger partial charge in [-0.05, 0) is 67.1 Å². The molecule has 0 atom stereocenters. The van der Waals surface area contributed by atoms with Crippen molar-refractivity contribution >= 4 is 18.1 Å². The largest absolute Gasteiger partial charge is 0.493 e. The van der Waals surface area contributed by atoms with Crippen LogP contribution in [0, 0.1) is 6.92 Å². The molecule has 0 spiro atoms. The number of nitrogens with zero attached hydrogens (tertiary/aromatic N) is 2. The van der Waals surface area contributed by atoms with Crippen molar-refractivity contribution in [3.8, 4) is 17.2 Å². The molecule has 170 valence electrons. The highest BCUT2D eigenvalue weighted by Crippen LogP contribution is 2.28. The Hall–Kier alpha value is -4.65. The number of ether oxygens (including phenoxy) is 2. The number of aromatic nitrogens is 1. The SMILES string of the molecule is COc1ccc(/C=N\NC(=O)c2ccccc2-n2cccc2)cc1OC(=O)c1ccc(C)cc1. The fourth-order valence-electron chi connectivity index (χ4n) is 3.31. The van der Waals surface area contributed by atoms with Gasteiger partial charge in [-0.2, -0.15) is 5.10 Å². The molecule has 1 N–H and O–H groups in total. The van der Waals surface area contributed by atoms with E-state index in [-0.39, 0.29) is 11.7 Å². The number of carbonyl (C=O) groups excluding carboxylic acids is 2. The van der Waals surface area contributed by atoms with Crippen LogP contribution < -0.4 is 14.9 Å². The molecular formula is C27H23N3O4. The first-order chi connectivity index (χ1) is 16.5. The maximum absolute atomic E-state index is 12.7. The second-order valence-corrected chi connectivity index (χ2v) is 7.47. The van der Waals surface area contributed by atoms with E-state index in [2.05, 4.69) is 10.5 Å². The summed E-state index contributed by atoms with van der Waals surface area (Å²) in [6.45, 7) is 1.94. The second kappa shape index (κ2) is 10.3. The molecule has 0 unspecified atom stereocenters. The highest BCUT2D eigenvalue weighted by atomic mass is 16.6. The number of amides is 1. The van der Waals surface area contributed by atoms with Gasteiger partial charge in [-0.25, -0.2) is 10.2 Å². The highest BCUT2D eigenvalue weighted by Gasteiger charge is 2.14. The average molecular weight is 453 g/mol. The quantitative estimate of drug-likeness (QED) is 0.189. The lowest BCUT2D eigenvalue weighted by Crippen LogP contribution is -2.19. The zero-order chi connectivity index (χ0) is 23.9. The minimum atomic E-state index is -0.498. The molecule has 7 nitrogen and oxygen atoms in total. The number of esters is 1. The lowest BCUT2D eigenvalue weighted by atomic mass is 10.1. The predicted octanol–water partition coefficient (Wildman–Crippen LogP) is 4.78. The first-order valence-corrected chi connectivity index (χ1v) is 10.6. The minimum absolute atomic E-state index is 0.251. The molecule has 0 saturated heterocycles. The number of hydrogen-bond acceptors (Lipinski definition) is 5. The maximum atomic E-state index is 12.7. The van der Waals surface area contributed by atoms with Crippen LogP contribution in [-0.4, -0.2) is 29.8 Å². The maximum Gasteiger partial charge on any atom is 0.343 e. The van der Waals surface area contributed by atoms with Crippen molar-refractivity contribution in [3.63, 3.8) is 0 Å². The molecular weight excluding hydrogens is 430 g/mol. The summed E-state index contributed by atoms with van der Waals surface area (Å²) >= 11 is 0. The van der Waals surface area contributed by atoms with Crippen molar-refractivity contribution in [2.45, 2.75) is 6.92 Å². The summed E-state index contributed by atoms with van der Waals surface area (Å²) in [7, 11) is 1.49. The van der Waals surface area contributed by atoms with E-state index in [4.69, 9.17) is 9.47 Å². The van der Waals surface area contributed by atoms with E-state index in [1.165, 1.54) is 13.3 Å². The Kier molecular flexibility index (Phi) is 6.84. The lowest BCUT2D eigenvalue weighted by Gasteiger charge is -2.10. The van der Waals surface area contributed by atoms with Gasteiger partial charge in [0.05, 0.1) is 30.1 Å². The zero-order valence-electron chi connectivity index (χ0n) is 18.8. The molecule has 0 saturated carbocycles. The molecule has 3 aromatic carbocycles. The molecule has 7 heteroatoms. The molecule has 1 amide bonds. The van der Waals surface area contributed by atoms with Crippen LogP contribution in [0.25, 0.3) is 5.69 Å². The Balaban J connectivity index is 1.48. The van der Waals surface area contributed by atoms with E-state index < -0.39 is 5.97 Å². The van der Waals surface area contributed by atoms with Gasteiger partial charge >= 0.3 is 5.97 Å². The van der Waals surface area contributed by atoms with E-state index in [1.54, 1.807) is 42.5 Å². The van der Waals surface area contributed by atoms with E-state index in [0.717, 1.165) is 11.3 Å². The van der Waals surface area contributed by atoms with Crippen molar-refractivity contribution < 1.29 is 19.1 Å². The third kappa shape index (κ3) is 5.21. The number of nitrogens with one attached hydrogen (secondary N) is 1. The number of hydrazone groups is 1. The van der Waals surface area contributed by atoms with Crippen molar-refractivity contribution in [2.24, 2.45) is 5.10 Å². The van der Waals surface area contributed by atoms with Crippen molar-refractivity contribution in [1.82, 2.24) is 9.99 Å². The van der Waals surface area contributed by atoms with Crippen LogP contribution in [0.4, 0.5) is 0 Å². The van der Waals surface area contributed by atoms with Gasteiger partial charge in [-0.3, -0.25) is 4.79 Å². The minimum Gasteiger partial charge on any atom is -0.493 e. The van der Waals surface area contributed by atoms with Gasteiger partial charge in [0.15, 0.2) is 11.5 Å². The van der Waals surface area contributed by atoms with Crippen LogP contribution in [0.1, 0.15) is 31.8 Å².